The van der Waals surface area contributed by atoms with E-state index in [0.717, 1.165) is 6.42 Å². The smallest absolute Gasteiger partial charge is 0.123 e. The Morgan fingerprint density at radius 2 is 2.06 bits per heavy atom. The second kappa shape index (κ2) is 5.82. The number of benzene rings is 1. The molecule has 0 spiro atoms. The molecule has 1 aromatic carbocycles. The molecule has 0 aliphatic carbocycles. The molecule has 0 aliphatic rings. The van der Waals surface area contributed by atoms with Crippen LogP contribution in [0.4, 0.5) is 4.39 Å². The summed E-state index contributed by atoms with van der Waals surface area (Å²) >= 11 is 0. The van der Waals surface area contributed by atoms with E-state index in [0.29, 0.717) is 11.3 Å². The van der Waals surface area contributed by atoms with E-state index >= 15 is 0 Å². The number of hydrogen-bond acceptors (Lipinski definition) is 3. The molecular weight excluding hydrogens is 209 g/mol. The molecule has 0 heterocycles. The van der Waals surface area contributed by atoms with Crippen molar-refractivity contribution in [2.24, 2.45) is 5.73 Å². The van der Waals surface area contributed by atoms with E-state index in [-0.39, 0.29) is 18.0 Å². The van der Waals surface area contributed by atoms with Gasteiger partial charge in [0.15, 0.2) is 0 Å². The minimum atomic E-state index is -0.388. The summed E-state index contributed by atoms with van der Waals surface area (Å²) in [5.74, 6) is 0.265. The van der Waals surface area contributed by atoms with E-state index in [9.17, 15) is 4.39 Å². The molecule has 0 bridgehead atoms. The molecular formula is C12H18FNO2. The SMILES string of the molecule is CCC(OC)C(N)c1cc(F)ccc1OC. The minimum Gasteiger partial charge on any atom is -0.496 e. The molecule has 90 valence electrons. The molecule has 1 aromatic rings. The summed E-state index contributed by atoms with van der Waals surface area (Å²) in [7, 11) is 3.14. The van der Waals surface area contributed by atoms with Gasteiger partial charge in [0.25, 0.3) is 0 Å². The first-order valence-electron chi connectivity index (χ1n) is 5.25. The molecule has 2 N–H and O–H groups in total. The molecule has 0 fully saturated rings. The molecule has 4 heteroatoms. The van der Waals surface area contributed by atoms with Gasteiger partial charge in [-0.25, -0.2) is 4.39 Å². The van der Waals surface area contributed by atoms with Crippen molar-refractivity contribution in [3.05, 3.63) is 29.6 Å². The number of ether oxygens (including phenoxy) is 2. The van der Waals surface area contributed by atoms with Crippen molar-refractivity contribution in [2.75, 3.05) is 14.2 Å². The third kappa shape index (κ3) is 2.71. The Morgan fingerprint density at radius 1 is 1.38 bits per heavy atom. The lowest BCUT2D eigenvalue weighted by molar-refractivity contribution is 0.0763. The van der Waals surface area contributed by atoms with Gasteiger partial charge in [0.2, 0.25) is 0 Å². The summed E-state index contributed by atoms with van der Waals surface area (Å²) in [6, 6.07) is 3.93. The van der Waals surface area contributed by atoms with Crippen LogP contribution in [0.2, 0.25) is 0 Å². The Hall–Kier alpha value is -1.13. The number of rotatable bonds is 5. The lowest BCUT2D eigenvalue weighted by Gasteiger charge is -2.23. The van der Waals surface area contributed by atoms with E-state index in [2.05, 4.69) is 0 Å². The van der Waals surface area contributed by atoms with Crippen LogP contribution in [0.5, 0.6) is 5.75 Å². The second-order valence-electron chi connectivity index (χ2n) is 3.59. The van der Waals surface area contributed by atoms with Crippen LogP contribution in [-0.4, -0.2) is 20.3 Å². The highest BCUT2D eigenvalue weighted by Gasteiger charge is 2.21. The monoisotopic (exact) mass is 227 g/mol. The van der Waals surface area contributed by atoms with Crippen LogP contribution in [0.15, 0.2) is 18.2 Å². The lowest BCUT2D eigenvalue weighted by Crippen LogP contribution is -2.27. The van der Waals surface area contributed by atoms with Crippen LogP contribution < -0.4 is 10.5 Å². The maximum Gasteiger partial charge on any atom is 0.123 e. The largest absolute Gasteiger partial charge is 0.496 e. The zero-order valence-corrected chi connectivity index (χ0v) is 9.87. The zero-order valence-electron chi connectivity index (χ0n) is 9.87. The average Bonchev–Trinajstić information content (AvgIpc) is 2.30. The summed E-state index contributed by atoms with van der Waals surface area (Å²) in [6.07, 6.45) is 0.618. The fourth-order valence-electron chi connectivity index (χ4n) is 1.73. The summed E-state index contributed by atoms with van der Waals surface area (Å²) in [6.45, 7) is 1.97. The van der Waals surface area contributed by atoms with Crippen LogP contribution in [-0.2, 0) is 4.74 Å². The van der Waals surface area contributed by atoms with Gasteiger partial charge in [-0.05, 0) is 24.6 Å². The number of halogens is 1. The third-order valence-electron chi connectivity index (χ3n) is 2.66. The standard InChI is InChI=1S/C12H18FNO2/c1-4-10(15-2)12(14)9-7-8(13)5-6-11(9)16-3/h5-7,10,12H,4,14H2,1-3H3. The first-order chi connectivity index (χ1) is 7.63. The van der Waals surface area contributed by atoms with Gasteiger partial charge in [-0.1, -0.05) is 6.92 Å². The second-order valence-corrected chi connectivity index (χ2v) is 3.59. The summed E-state index contributed by atoms with van der Waals surface area (Å²) in [5, 5.41) is 0. The van der Waals surface area contributed by atoms with Crippen molar-refractivity contribution in [3.8, 4) is 5.75 Å². The van der Waals surface area contributed by atoms with Crippen LogP contribution in [0.25, 0.3) is 0 Å². The Bertz CT molecular complexity index is 340. The molecule has 0 amide bonds. The molecule has 0 aliphatic heterocycles. The van der Waals surface area contributed by atoms with Crippen LogP contribution in [0.3, 0.4) is 0 Å². The van der Waals surface area contributed by atoms with Gasteiger partial charge in [-0.3, -0.25) is 0 Å². The Morgan fingerprint density at radius 3 is 2.56 bits per heavy atom. The molecule has 2 atom stereocenters. The molecule has 0 saturated heterocycles. The van der Waals surface area contributed by atoms with Crippen LogP contribution in [0.1, 0.15) is 24.9 Å². The molecule has 0 saturated carbocycles. The summed E-state index contributed by atoms with van der Waals surface area (Å²) in [5.41, 5.74) is 6.67. The maximum absolute atomic E-state index is 13.2. The van der Waals surface area contributed by atoms with Gasteiger partial charge in [-0.15, -0.1) is 0 Å². The number of methoxy groups -OCH3 is 2. The highest BCUT2D eigenvalue weighted by Crippen LogP contribution is 2.28. The molecule has 0 radical (unpaired) electrons. The van der Waals surface area contributed by atoms with Gasteiger partial charge < -0.3 is 15.2 Å². The molecule has 16 heavy (non-hydrogen) atoms. The van der Waals surface area contributed by atoms with Crippen molar-refractivity contribution in [2.45, 2.75) is 25.5 Å². The van der Waals surface area contributed by atoms with Crippen molar-refractivity contribution < 1.29 is 13.9 Å². The van der Waals surface area contributed by atoms with E-state index < -0.39 is 0 Å². The molecule has 0 aromatic heterocycles. The quantitative estimate of drug-likeness (QED) is 0.839. The lowest BCUT2D eigenvalue weighted by atomic mass is 9.99. The normalized spacial score (nSPS) is 14.6. The van der Waals surface area contributed by atoms with E-state index in [1.54, 1.807) is 13.2 Å². The number of hydrogen-bond donors (Lipinski definition) is 1. The average molecular weight is 227 g/mol. The maximum atomic E-state index is 13.2. The third-order valence-corrected chi connectivity index (χ3v) is 2.66. The van der Waals surface area contributed by atoms with E-state index in [1.165, 1.54) is 19.2 Å². The fourth-order valence-corrected chi connectivity index (χ4v) is 1.73. The topological polar surface area (TPSA) is 44.5 Å². The predicted molar refractivity (Wildman–Crippen MR) is 61.0 cm³/mol. The molecule has 2 unspecified atom stereocenters. The van der Waals surface area contributed by atoms with Gasteiger partial charge in [0, 0.05) is 12.7 Å². The molecule has 3 nitrogen and oxygen atoms in total. The van der Waals surface area contributed by atoms with Crippen LogP contribution in [0, 0.1) is 5.82 Å². The Kier molecular flexibility index (Phi) is 4.71. The Balaban J connectivity index is 3.04. The summed E-state index contributed by atoms with van der Waals surface area (Å²) < 4.78 is 23.6. The van der Waals surface area contributed by atoms with E-state index in [1.807, 2.05) is 6.92 Å². The van der Waals surface area contributed by atoms with Crippen molar-refractivity contribution in [3.63, 3.8) is 0 Å². The van der Waals surface area contributed by atoms with E-state index in [4.69, 9.17) is 15.2 Å². The first kappa shape index (κ1) is 12.9. The van der Waals surface area contributed by atoms with Crippen molar-refractivity contribution >= 4 is 0 Å². The van der Waals surface area contributed by atoms with Gasteiger partial charge in [0.05, 0.1) is 19.3 Å². The van der Waals surface area contributed by atoms with Gasteiger partial charge >= 0.3 is 0 Å². The zero-order chi connectivity index (χ0) is 12.1. The van der Waals surface area contributed by atoms with Gasteiger partial charge in [0.1, 0.15) is 11.6 Å². The highest BCUT2D eigenvalue weighted by atomic mass is 19.1. The van der Waals surface area contributed by atoms with Crippen LogP contribution >= 0.6 is 0 Å². The van der Waals surface area contributed by atoms with Crippen molar-refractivity contribution in [1.29, 1.82) is 0 Å². The van der Waals surface area contributed by atoms with Gasteiger partial charge in [-0.2, -0.15) is 0 Å². The minimum absolute atomic E-state index is 0.143. The molecule has 1 rings (SSSR count). The Labute approximate surface area is 95.4 Å². The summed E-state index contributed by atoms with van der Waals surface area (Å²) in [4.78, 5) is 0. The predicted octanol–water partition coefficient (Wildman–Crippen LogP) is 2.26. The highest BCUT2D eigenvalue weighted by molar-refractivity contribution is 5.36. The first-order valence-corrected chi connectivity index (χ1v) is 5.25. The number of nitrogens with two attached hydrogens (primary N) is 1. The fraction of sp³-hybridized carbons (Fsp3) is 0.500. The van der Waals surface area contributed by atoms with Crippen molar-refractivity contribution in [1.82, 2.24) is 0 Å².